The standard InChI is InChI=1S/C12H9ClN2O3S/c13-10-2-1-9(19-10)11(16)15-6-8-5-7(12(17)18)3-4-14-8/h1-5H,6H2,(H,15,16)(H,17,18). The van der Waals surface area contributed by atoms with Crippen LogP contribution < -0.4 is 5.32 Å². The summed E-state index contributed by atoms with van der Waals surface area (Å²) in [7, 11) is 0. The van der Waals surface area contributed by atoms with E-state index in [0.29, 0.717) is 14.9 Å². The van der Waals surface area contributed by atoms with Gasteiger partial charge in [0.25, 0.3) is 5.91 Å². The highest BCUT2D eigenvalue weighted by Crippen LogP contribution is 2.21. The lowest BCUT2D eigenvalue weighted by atomic mass is 10.2. The van der Waals surface area contributed by atoms with Crippen LogP contribution in [0.3, 0.4) is 0 Å². The highest BCUT2D eigenvalue weighted by molar-refractivity contribution is 7.17. The predicted octanol–water partition coefficient (Wildman–Crippen LogP) is 2.42. The molecule has 0 saturated heterocycles. The second kappa shape index (κ2) is 5.81. The molecule has 0 aromatic carbocycles. The summed E-state index contributed by atoms with van der Waals surface area (Å²) in [6.45, 7) is 0.162. The third kappa shape index (κ3) is 3.52. The maximum absolute atomic E-state index is 11.7. The maximum Gasteiger partial charge on any atom is 0.335 e. The summed E-state index contributed by atoms with van der Waals surface area (Å²) >= 11 is 6.92. The molecule has 0 unspecified atom stereocenters. The molecule has 0 aliphatic carbocycles. The van der Waals surface area contributed by atoms with E-state index >= 15 is 0 Å². The molecule has 98 valence electrons. The van der Waals surface area contributed by atoms with Crippen molar-refractivity contribution in [3.05, 3.63) is 50.9 Å². The highest BCUT2D eigenvalue weighted by atomic mass is 35.5. The number of carboxylic acid groups (broad SMARTS) is 1. The van der Waals surface area contributed by atoms with Gasteiger partial charge in [-0.3, -0.25) is 9.78 Å². The molecule has 2 aromatic rings. The fourth-order valence-electron chi connectivity index (χ4n) is 1.40. The van der Waals surface area contributed by atoms with E-state index in [9.17, 15) is 9.59 Å². The maximum atomic E-state index is 11.7. The van der Waals surface area contributed by atoms with Gasteiger partial charge in [0.1, 0.15) is 0 Å². The van der Waals surface area contributed by atoms with Gasteiger partial charge in [-0.25, -0.2) is 4.79 Å². The highest BCUT2D eigenvalue weighted by Gasteiger charge is 2.09. The molecule has 2 N–H and O–H groups in total. The summed E-state index contributed by atoms with van der Waals surface area (Å²) in [6, 6.07) is 6.09. The van der Waals surface area contributed by atoms with Gasteiger partial charge in [-0.15, -0.1) is 11.3 Å². The Balaban J connectivity index is 2.01. The Bertz CT molecular complexity index is 627. The molecule has 0 atom stereocenters. The average molecular weight is 297 g/mol. The van der Waals surface area contributed by atoms with E-state index < -0.39 is 5.97 Å². The van der Waals surface area contributed by atoms with E-state index in [1.807, 2.05) is 0 Å². The number of carboxylic acids is 1. The molecule has 0 saturated carbocycles. The van der Waals surface area contributed by atoms with Gasteiger partial charge in [-0.2, -0.15) is 0 Å². The molecule has 0 bridgehead atoms. The van der Waals surface area contributed by atoms with Crippen molar-refractivity contribution in [3.63, 3.8) is 0 Å². The van der Waals surface area contributed by atoms with Gasteiger partial charge in [0.05, 0.1) is 27.0 Å². The third-order valence-corrected chi connectivity index (χ3v) is 3.52. The lowest BCUT2D eigenvalue weighted by Crippen LogP contribution is -2.22. The SMILES string of the molecule is O=C(O)c1ccnc(CNC(=O)c2ccc(Cl)s2)c1. The van der Waals surface area contributed by atoms with Crippen LogP contribution in [0, 0.1) is 0 Å². The number of pyridine rings is 1. The predicted molar refractivity (Wildman–Crippen MR) is 71.7 cm³/mol. The van der Waals surface area contributed by atoms with Crippen LogP contribution in [0.5, 0.6) is 0 Å². The van der Waals surface area contributed by atoms with Gasteiger partial charge in [0.15, 0.2) is 0 Å². The summed E-state index contributed by atoms with van der Waals surface area (Å²) in [5.74, 6) is -1.29. The zero-order valence-corrected chi connectivity index (χ0v) is 11.2. The minimum atomic E-state index is -1.03. The van der Waals surface area contributed by atoms with Crippen molar-refractivity contribution in [2.75, 3.05) is 0 Å². The van der Waals surface area contributed by atoms with Crippen molar-refractivity contribution in [1.82, 2.24) is 10.3 Å². The van der Waals surface area contributed by atoms with E-state index in [0.717, 1.165) is 0 Å². The third-order valence-electron chi connectivity index (χ3n) is 2.29. The van der Waals surface area contributed by atoms with E-state index in [-0.39, 0.29) is 18.0 Å². The quantitative estimate of drug-likeness (QED) is 0.908. The Morgan fingerprint density at radius 1 is 1.37 bits per heavy atom. The molecule has 0 fully saturated rings. The minimum Gasteiger partial charge on any atom is -0.478 e. The summed E-state index contributed by atoms with van der Waals surface area (Å²) < 4.78 is 0.538. The average Bonchev–Trinajstić information content (AvgIpc) is 2.83. The van der Waals surface area contributed by atoms with Crippen molar-refractivity contribution in [3.8, 4) is 0 Å². The number of amides is 1. The van der Waals surface area contributed by atoms with Crippen LogP contribution in [0.25, 0.3) is 0 Å². The van der Waals surface area contributed by atoms with Crippen LogP contribution in [0.2, 0.25) is 4.34 Å². The minimum absolute atomic E-state index is 0.137. The van der Waals surface area contributed by atoms with Crippen LogP contribution in [0.15, 0.2) is 30.5 Å². The molecule has 2 aromatic heterocycles. The van der Waals surface area contributed by atoms with Gasteiger partial charge < -0.3 is 10.4 Å². The van der Waals surface area contributed by atoms with Gasteiger partial charge in [-0.05, 0) is 24.3 Å². The lowest BCUT2D eigenvalue weighted by molar-refractivity contribution is 0.0696. The first kappa shape index (κ1) is 13.5. The number of aromatic carboxylic acids is 1. The Morgan fingerprint density at radius 2 is 2.16 bits per heavy atom. The molecule has 0 radical (unpaired) electrons. The zero-order chi connectivity index (χ0) is 13.8. The normalized spacial score (nSPS) is 10.2. The molecular formula is C12H9ClN2O3S. The lowest BCUT2D eigenvalue weighted by Gasteiger charge is -2.03. The molecule has 2 rings (SSSR count). The van der Waals surface area contributed by atoms with E-state index in [1.54, 1.807) is 12.1 Å². The molecule has 0 spiro atoms. The summed E-state index contributed by atoms with van der Waals surface area (Å²) in [5, 5.41) is 11.5. The number of aromatic nitrogens is 1. The number of hydrogen-bond acceptors (Lipinski definition) is 4. The number of carbonyl (C=O) groups is 2. The van der Waals surface area contributed by atoms with Crippen molar-refractivity contribution in [2.24, 2.45) is 0 Å². The number of carbonyl (C=O) groups excluding carboxylic acids is 1. The van der Waals surface area contributed by atoms with Gasteiger partial charge >= 0.3 is 5.97 Å². The number of rotatable bonds is 4. The summed E-state index contributed by atoms with van der Waals surface area (Å²) in [6.07, 6.45) is 1.40. The van der Waals surface area contributed by atoms with Crippen molar-refractivity contribution < 1.29 is 14.7 Å². The number of thiophene rings is 1. The zero-order valence-electron chi connectivity index (χ0n) is 9.59. The Hall–Kier alpha value is -1.92. The van der Waals surface area contributed by atoms with E-state index in [1.165, 1.54) is 29.7 Å². The molecule has 1 amide bonds. The van der Waals surface area contributed by atoms with Gasteiger partial charge in [0, 0.05) is 6.20 Å². The first-order valence-electron chi connectivity index (χ1n) is 5.28. The molecule has 7 heteroatoms. The number of nitrogens with one attached hydrogen (secondary N) is 1. The molecular weight excluding hydrogens is 288 g/mol. The van der Waals surface area contributed by atoms with Crippen LogP contribution >= 0.6 is 22.9 Å². The topological polar surface area (TPSA) is 79.3 Å². The first-order valence-corrected chi connectivity index (χ1v) is 6.47. The largest absolute Gasteiger partial charge is 0.478 e. The molecule has 5 nitrogen and oxygen atoms in total. The van der Waals surface area contributed by atoms with Crippen molar-refractivity contribution in [1.29, 1.82) is 0 Å². The molecule has 19 heavy (non-hydrogen) atoms. The van der Waals surface area contributed by atoms with Crippen LogP contribution in [-0.4, -0.2) is 22.0 Å². The monoisotopic (exact) mass is 296 g/mol. The first-order chi connectivity index (χ1) is 9.06. The second-order valence-corrected chi connectivity index (χ2v) is 5.34. The van der Waals surface area contributed by atoms with Crippen molar-refractivity contribution >= 4 is 34.8 Å². The number of hydrogen-bond donors (Lipinski definition) is 2. The fourth-order valence-corrected chi connectivity index (χ4v) is 2.36. The number of halogens is 1. The Morgan fingerprint density at radius 3 is 2.79 bits per heavy atom. The van der Waals surface area contributed by atoms with Crippen LogP contribution in [-0.2, 0) is 6.54 Å². The number of nitrogens with zero attached hydrogens (tertiary/aromatic N) is 1. The molecule has 2 heterocycles. The van der Waals surface area contributed by atoms with Gasteiger partial charge in [-0.1, -0.05) is 11.6 Å². The van der Waals surface area contributed by atoms with E-state index in [4.69, 9.17) is 16.7 Å². The van der Waals surface area contributed by atoms with Crippen molar-refractivity contribution in [2.45, 2.75) is 6.54 Å². The Labute approximate surface area is 117 Å². The summed E-state index contributed by atoms with van der Waals surface area (Å²) in [5.41, 5.74) is 0.620. The fraction of sp³-hybridized carbons (Fsp3) is 0.0833. The smallest absolute Gasteiger partial charge is 0.335 e. The van der Waals surface area contributed by atoms with Crippen LogP contribution in [0.1, 0.15) is 25.7 Å². The molecule has 0 aliphatic rings. The van der Waals surface area contributed by atoms with E-state index in [2.05, 4.69) is 10.3 Å². The Kier molecular flexibility index (Phi) is 4.13. The molecule has 0 aliphatic heterocycles. The van der Waals surface area contributed by atoms with Crippen LogP contribution in [0.4, 0.5) is 0 Å². The second-order valence-electron chi connectivity index (χ2n) is 3.63. The summed E-state index contributed by atoms with van der Waals surface area (Å²) in [4.78, 5) is 27.0. The van der Waals surface area contributed by atoms with Gasteiger partial charge in [0.2, 0.25) is 0 Å².